The normalized spacial score (nSPS) is 20.4. The molecule has 1 aliphatic carbocycles. The molecule has 1 aromatic rings. The van der Waals surface area contributed by atoms with E-state index < -0.39 is 35.9 Å². The first-order valence-electron chi connectivity index (χ1n) is 8.54. The molecule has 2 aliphatic rings. The second kappa shape index (κ2) is 6.96. The quantitative estimate of drug-likeness (QED) is 0.781. The molecular weight excluding hydrogens is 378 g/mol. The highest BCUT2D eigenvalue weighted by Crippen LogP contribution is 2.45. The average Bonchev–Trinajstić information content (AvgIpc) is 3.43. The van der Waals surface area contributed by atoms with Crippen LogP contribution in [-0.2, 0) is 10.9 Å². The molecule has 1 aromatic heterocycles. The van der Waals surface area contributed by atoms with E-state index in [-0.39, 0.29) is 43.2 Å². The first-order chi connectivity index (χ1) is 12.5. The van der Waals surface area contributed by atoms with Gasteiger partial charge < -0.3 is 10.1 Å². The largest absolute Gasteiger partial charge is 0.433 e. The van der Waals surface area contributed by atoms with Gasteiger partial charge in [0.05, 0.1) is 5.41 Å². The van der Waals surface area contributed by atoms with Crippen molar-refractivity contribution in [3.8, 4) is 0 Å². The Hall–Kier alpha value is -1.84. The van der Waals surface area contributed by atoms with Gasteiger partial charge in [0.15, 0.2) is 0 Å². The minimum Gasteiger partial charge on any atom is -0.381 e. The number of hydrogen-bond donors (Lipinski definition) is 1. The summed E-state index contributed by atoms with van der Waals surface area (Å²) >= 11 is 0. The predicted octanol–water partition coefficient (Wildman–Crippen LogP) is 4.07. The highest BCUT2D eigenvalue weighted by molar-refractivity contribution is 5.94. The zero-order chi connectivity index (χ0) is 19.9. The van der Waals surface area contributed by atoms with Crippen molar-refractivity contribution in [3.63, 3.8) is 0 Å². The van der Waals surface area contributed by atoms with Crippen LogP contribution in [0.3, 0.4) is 0 Å². The van der Waals surface area contributed by atoms with Gasteiger partial charge in [-0.1, -0.05) is 0 Å². The fourth-order valence-electron chi connectivity index (χ4n) is 3.09. The number of halogens is 6. The lowest BCUT2D eigenvalue weighted by atomic mass is 9.79. The van der Waals surface area contributed by atoms with Gasteiger partial charge in [-0.05, 0) is 37.8 Å². The molecule has 0 atom stereocenters. The number of carbonyl (C=O) groups excluding carboxylic acids is 1. The number of pyridine rings is 1. The van der Waals surface area contributed by atoms with Crippen LogP contribution in [-0.4, -0.2) is 36.8 Å². The van der Waals surface area contributed by atoms with E-state index in [1.807, 2.05) is 0 Å². The molecule has 1 amide bonds. The molecule has 2 heterocycles. The first-order valence-corrected chi connectivity index (χ1v) is 8.54. The highest BCUT2D eigenvalue weighted by Gasteiger charge is 2.55. The summed E-state index contributed by atoms with van der Waals surface area (Å²) in [6.07, 6.45) is -8.58. The van der Waals surface area contributed by atoms with E-state index in [2.05, 4.69) is 10.3 Å². The summed E-state index contributed by atoms with van der Waals surface area (Å²) in [5.41, 5.74) is -3.54. The molecule has 10 heteroatoms. The van der Waals surface area contributed by atoms with Crippen LogP contribution >= 0.6 is 0 Å². The van der Waals surface area contributed by atoms with Crippen LogP contribution in [0, 0.1) is 5.41 Å². The first kappa shape index (κ1) is 19.9. The summed E-state index contributed by atoms with van der Waals surface area (Å²) in [5.74, 6) is -1.12. The minimum atomic E-state index is -4.74. The zero-order valence-electron chi connectivity index (χ0n) is 14.2. The summed E-state index contributed by atoms with van der Waals surface area (Å²) in [6, 6.07) is 1.80. The lowest BCUT2D eigenvalue weighted by Gasteiger charge is -2.38. The van der Waals surface area contributed by atoms with Gasteiger partial charge >= 0.3 is 12.4 Å². The Morgan fingerprint density at radius 3 is 2.30 bits per heavy atom. The van der Waals surface area contributed by atoms with Crippen molar-refractivity contribution in [2.75, 3.05) is 19.8 Å². The van der Waals surface area contributed by atoms with E-state index in [1.165, 1.54) is 6.07 Å². The van der Waals surface area contributed by atoms with Crippen LogP contribution in [0.5, 0.6) is 0 Å². The van der Waals surface area contributed by atoms with E-state index >= 15 is 0 Å². The van der Waals surface area contributed by atoms with Crippen LogP contribution in [0.2, 0.25) is 0 Å². The van der Waals surface area contributed by atoms with Crippen LogP contribution in [0.4, 0.5) is 26.3 Å². The molecule has 0 unspecified atom stereocenters. The van der Waals surface area contributed by atoms with Gasteiger partial charge in [0.2, 0.25) is 0 Å². The van der Waals surface area contributed by atoms with Gasteiger partial charge in [-0.15, -0.1) is 0 Å². The molecule has 1 aliphatic heterocycles. The number of ether oxygens (including phenoxy) is 1. The maximum absolute atomic E-state index is 13.5. The van der Waals surface area contributed by atoms with Gasteiger partial charge in [-0.3, -0.25) is 4.79 Å². The summed E-state index contributed by atoms with van der Waals surface area (Å²) < 4.78 is 84.5. The molecule has 1 saturated heterocycles. The summed E-state index contributed by atoms with van der Waals surface area (Å²) in [6.45, 7) is -0.884. The van der Waals surface area contributed by atoms with E-state index in [1.54, 1.807) is 0 Å². The second-order valence-electron chi connectivity index (χ2n) is 7.01. The van der Waals surface area contributed by atoms with E-state index in [9.17, 15) is 31.1 Å². The number of amides is 1. The van der Waals surface area contributed by atoms with Crippen molar-refractivity contribution in [2.24, 2.45) is 5.41 Å². The van der Waals surface area contributed by atoms with Gasteiger partial charge in [-0.25, -0.2) is 4.98 Å². The SMILES string of the molecule is O=C(NCC1(C(F)(F)F)CCOCC1)c1cc(C2CC2)nc(C(F)(F)F)c1. The summed E-state index contributed by atoms with van der Waals surface area (Å²) in [7, 11) is 0. The molecule has 3 rings (SSSR count). The van der Waals surface area contributed by atoms with E-state index in [0.29, 0.717) is 18.9 Å². The van der Waals surface area contributed by atoms with Crippen molar-refractivity contribution in [1.82, 2.24) is 10.3 Å². The Labute approximate surface area is 151 Å². The highest BCUT2D eigenvalue weighted by atomic mass is 19.4. The maximum atomic E-state index is 13.5. The maximum Gasteiger partial charge on any atom is 0.433 e. The monoisotopic (exact) mass is 396 g/mol. The number of aromatic nitrogens is 1. The molecule has 1 saturated carbocycles. The lowest BCUT2D eigenvalue weighted by molar-refractivity contribution is -0.243. The zero-order valence-corrected chi connectivity index (χ0v) is 14.2. The number of nitrogens with one attached hydrogen (secondary N) is 1. The Kier molecular flexibility index (Phi) is 5.13. The topological polar surface area (TPSA) is 51.2 Å². The summed E-state index contributed by atoms with van der Waals surface area (Å²) in [4.78, 5) is 15.9. The van der Waals surface area contributed by atoms with Gasteiger partial charge in [0.1, 0.15) is 5.69 Å². The third kappa shape index (κ3) is 4.36. The average molecular weight is 396 g/mol. The van der Waals surface area contributed by atoms with Gasteiger partial charge in [0, 0.05) is 36.9 Å². The van der Waals surface area contributed by atoms with Crippen molar-refractivity contribution in [1.29, 1.82) is 0 Å². The van der Waals surface area contributed by atoms with Crippen molar-refractivity contribution < 1.29 is 35.9 Å². The number of hydrogen-bond acceptors (Lipinski definition) is 3. The van der Waals surface area contributed by atoms with Crippen LogP contribution in [0.25, 0.3) is 0 Å². The fourth-order valence-corrected chi connectivity index (χ4v) is 3.09. The molecule has 0 spiro atoms. The fraction of sp³-hybridized carbons (Fsp3) is 0.647. The second-order valence-corrected chi connectivity index (χ2v) is 7.01. The molecule has 1 N–H and O–H groups in total. The van der Waals surface area contributed by atoms with Crippen LogP contribution in [0.15, 0.2) is 12.1 Å². The third-order valence-electron chi connectivity index (χ3n) is 5.03. The molecular formula is C17H18F6N2O2. The van der Waals surface area contributed by atoms with Gasteiger partial charge in [-0.2, -0.15) is 26.3 Å². The van der Waals surface area contributed by atoms with Gasteiger partial charge in [0.25, 0.3) is 5.91 Å². The number of rotatable bonds is 4. The Bertz CT molecular complexity index is 706. The number of nitrogens with zero attached hydrogens (tertiary/aromatic N) is 1. The predicted molar refractivity (Wildman–Crippen MR) is 82.1 cm³/mol. The Morgan fingerprint density at radius 2 is 1.78 bits per heavy atom. The van der Waals surface area contributed by atoms with Crippen molar-refractivity contribution in [3.05, 3.63) is 29.1 Å². The minimum absolute atomic E-state index is 0.0886. The number of carbonyl (C=O) groups is 1. The number of alkyl halides is 6. The lowest BCUT2D eigenvalue weighted by Crippen LogP contribution is -2.50. The standard InChI is InChI=1S/C17H18F6N2O2/c18-16(19,20)13-8-11(7-12(25-13)10-1-2-10)14(26)24-9-15(17(21,22)23)3-5-27-6-4-15/h7-8,10H,1-6,9H2,(H,24,26). The van der Waals surface area contributed by atoms with Crippen LogP contribution < -0.4 is 5.32 Å². The van der Waals surface area contributed by atoms with E-state index in [0.717, 1.165) is 0 Å². The molecule has 4 nitrogen and oxygen atoms in total. The third-order valence-corrected chi connectivity index (χ3v) is 5.03. The molecule has 0 aromatic carbocycles. The summed E-state index contributed by atoms with van der Waals surface area (Å²) in [5, 5.41) is 2.17. The van der Waals surface area contributed by atoms with Crippen LogP contribution in [0.1, 0.15) is 53.3 Å². The molecule has 0 bridgehead atoms. The molecule has 27 heavy (non-hydrogen) atoms. The molecule has 2 fully saturated rings. The molecule has 0 radical (unpaired) electrons. The Balaban J connectivity index is 1.80. The van der Waals surface area contributed by atoms with Crippen molar-refractivity contribution in [2.45, 2.75) is 44.0 Å². The van der Waals surface area contributed by atoms with E-state index in [4.69, 9.17) is 4.74 Å². The smallest absolute Gasteiger partial charge is 0.381 e. The Morgan fingerprint density at radius 1 is 1.15 bits per heavy atom. The molecule has 150 valence electrons. The van der Waals surface area contributed by atoms with Crippen molar-refractivity contribution >= 4 is 5.91 Å².